The molecule has 0 saturated carbocycles. The highest BCUT2D eigenvalue weighted by molar-refractivity contribution is 5.80. The van der Waals surface area contributed by atoms with Crippen molar-refractivity contribution in [1.82, 2.24) is 0 Å². The SMILES string of the molecule is CCC(=O)OCCCCCCc1ccc(/C(C)=C/c2ccc([N+](=O)[O-])cc2)cc1. The number of nitrogens with zero attached hydrogens (tertiary/aromatic N) is 1. The molecule has 0 fully saturated rings. The summed E-state index contributed by atoms with van der Waals surface area (Å²) in [6.07, 6.45) is 7.77. The molecule has 0 spiro atoms. The number of hydrogen-bond acceptors (Lipinski definition) is 4. The van der Waals surface area contributed by atoms with Crippen LogP contribution < -0.4 is 0 Å². The number of hydrogen-bond donors (Lipinski definition) is 0. The van der Waals surface area contributed by atoms with Gasteiger partial charge in [0, 0.05) is 18.6 Å². The molecular weight excluding hydrogens is 366 g/mol. The lowest BCUT2D eigenvalue weighted by molar-refractivity contribution is -0.384. The Hall–Kier alpha value is -2.95. The molecule has 0 atom stereocenters. The number of esters is 1. The number of non-ortho nitro benzene ring substituents is 1. The number of benzene rings is 2. The van der Waals surface area contributed by atoms with Crippen LogP contribution in [-0.4, -0.2) is 17.5 Å². The number of allylic oxidation sites excluding steroid dienone is 1. The molecule has 154 valence electrons. The number of nitro groups is 1. The predicted molar refractivity (Wildman–Crippen MR) is 117 cm³/mol. The first-order valence-electron chi connectivity index (χ1n) is 10.2. The summed E-state index contributed by atoms with van der Waals surface area (Å²) >= 11 is 0. The smallest absolute Gasteiger partial charge is 0.305 e. The molecule has 0 aliphatic carbocycles. The van der Waals surface area contributed by atoms with Crippen molar-refractivity contribution in [2.45, 2.75) is 52.4 Å². The van der Waals surface area contributed by atoms with Gasteiger partial charge in [-0.2, -0.15) is 0 Å². The van der Waals surface area contributed by atoms with Gasteiger partial charge in [0.2, 0.25) is 0 Å². The fraction of sp³-hybridized carbons (Fsp3) is 0.375. The molecule has 0 aliphatic rings. The maximum absolute atomic E-state index is 11.1. The van der Waals surface area contributed by atoms with Crippen LogP contribution in [0.4, 0.5) is 5.69 Å². The first-order valence-corrected chi connectivity index (χ1v) is 10.2. The highest BCUT2D eigenvalue weighted by Crippen LogP contribution is 2.20. The van der Waals surface area contributed by atoms with Gasteiger partial charge in [0.1, 0.15) is 0 Å². The lowest BCUT2D eigenvalue weighted by atomic mass is 10.0. The van der Waals surface area contributed by atoms with Crippen LogP contribution in [0.3, 0.4) is 0 Å². The highest BCUT2D eigenvalue weighted by atomic mass is 16.6. The van der Waals surface area contributed by atoms with Crippen molar-refractivity contribution in [2.24, 2.45) is 0 Å². The maximum Gasteiger partial charge on any atom is 0.305 e. The first-order chi connectivity index (χ1) is 14.0. The number of ether oxygens (including phenoxy) is 1. The number of nitro benzene ring substituents is 1. The van der Waals surface area contributed by atoms with Crippen LogP contribution in [0.15, 0.2) is 48.5 Å². The molecule has 29 heavy (non-hydrogen) atoms. The molecule has 0 heterocycles. The summed E-state index contributed by atoms with van der Waals surface area (Å²) in [5, 5.41) is 10.7. The molecule has 0 N–H and O–H groups in total. The summed E-state index contributed by atoms with van der Waals surface area (Å²) in [5.74, 6) is -0.122. The Morgan fingerprint density at radius 3 is 2.28 bits per heavy atom. The van der Waals surface area contributed by atoms with Gasteiger partial charge in [-0.05, 0) is 60.6 Å². The second kappa shape index (κ2) is 11.8. The van der Waals surface area contributed by atoms with Gasteiger partial charge >= 0.3 is 5.97 Å². The largest absolute Gasteiger partial charge is 0.466 e. The molecule has 0 amide bonds. The summed E-state index contributed by atoms with van der Waals surface area (Å²) in [6.45, 7) is 4.38. The number of rotatable bonds is 11. The Kier molecular flexibility index (Phi) is 9.09. The summed E-state index contributed by atoms with van der Waals surface area (Å²) in [5.41, 5.74) is 4.62. The Bertz CT molecular complexity index is 823. The van der Waals surface area contributed by atoms with E-state index in [1.54, 1.807) is 19.1 Å². The lowest BCUT2D eigenvalue weighted by Crippen LogP contribution is -2.03. The van der Waals surface area contributed by atoms with E-state index in [1.807, 2.05) is 13.0 Å². The van der Waals surface area contributed by atoms with Gasteiger partial charge in [0.05, 0.1) is 11.5 Å². The highest BCUT2D eigenvalue weighted by Gasteiger charge is 2.04. The van der Waals surface area contributed by atoms with Crippen molar-refractivity contribution in [3.8, 4) is 0 Å². The number of carbonyl (C=O) groups is 1. The Morgan fingerprint density at radius 1 is 1.00 bits per heavy atom. The van der Waals surface area contributed by atoms with Crippen LogP contribution in [-0.2, 0) is 16.0 Å². The van der Waals surface area contributed by atoms with E-state index >= 15 is 0 Å². The molecule has 5 heteroatoms. The van der Waals surface area contributed by atoms with Gasteiger partial charge in [-0.3, -0.25) is 14.9 Å². The standard InChI is InChI=1S/C24H29NO4/c1-3-24(26)29-17-7-5-4-6-8-20-9-13-22(14-10-20)19(2)18-21-11-15-23(16-12-21)25(27)28/h9-16,18H,3-8,17H2,1-2H3/b19-18+. The van der Waals surface area contributed by atoms with Crippen LogP contribution >= 0.6 is 0 Å². The second-order valence-electron chi connectivity index (χ2n) is 7.11. The van der Waals surface area contributed by atoms with E-state index in [2.05, 4.69) is 24.3 Å². The summed E-state index contributed by atoms with van der Waals surface area (Å²) in [7, 11) is 0. The van der Waals surface area contributed by atoms with Crippen molar-refractivity contribution < 1.29 is 14.5 Å². The molecule has 0 radical (unpaired) electrons. The first kappa shape index (κ1) is 22.3. The van der Waals surface area contributed by atoms with E-state index in [0.29, 0.717) is 13.0 Å². The summed E-state index contributed by atoms with van der Waals surface area (Å²) in [4.78, 5) is 21.4. The average Bonchev–Trinajstić information content (AvgIpc) is 2.73. The van der Waals surface area contributed by atoms with Crippen molar-refractivity contribution in [3.05, 3.63) is 75.3 Å². The molecule has 0 bridgehead atoms. The van der Waals surface area contributed by atoms with E-state index in [4.69, 9.17) is 4.74 Å². The fourth-order valence-electron chi connectivity index (χ4n) is 3.03. The predicted octanol–water partition coefficient (Wildman–Crippen LogP) is 6.21. The van der Waals surface area contributed by atoms with E-state index in [9.17, 15) is 14.9 Å². The van der Waals surface area contributed by atoms with Crippen LogP contribution in [0.2, 0.25) is 0 Å². The third-order valence-corrected chi connectivity index (χ3v) is 4.81. The minimum atomic E-state index is -0.389. The summed E-state index contributed by atoms with van der Waals surface area (Å²) < 4.78 is 5.08. The molecule has 2 rings (SSSR count). The molecule has 0 aromatic heterocycles. The molecule has 2 aromatic carbocycles. The van der Waals surface area contributed by atoms with E-state index in [-0.39, 0.29) is 16.6 Å². The van der Waals surface area contributed by atoms with Crippen LogP contribution in [0, 0.1) is 10.1 Å². The fourth-order valence-corrected chi connectivity index (χ4v) is 3.03. The minimum Gasteiger partial charge on any atom is -0.466 e. The van der Waals surface area contributed by atoms with E-state index < -0.39 is 0 Å². The molecular formula is C24H29NO4. The number of carbonyl (C=O) groups excluding carboxylic acids is 1. The zero-order chi connectivity index (χ0) is 21.1. The normalized spacial score (nSPS) is 11.3. The lowest BCUT2D eigenvalue weighted by Gasteiger charge is -2.06. The third kappa shape index (κ3) is 7.90. The van der Waals surface area contributed by atoms with Gasteiger partial charge in [-0.15, -0.1) is 0 Å². The third-order valence-electron chi connectivity index (χ3n) is 4.81. The topological polar surface area (TPSA) is 69.4 Å². The Labute approximate surface area is 172 Å². The second-order valence-corrected chi connectivity index (χ2v) is 7.11. The average molecular weight is 395 g/mol. The van der Waals surface area contributed by atoms with Crippen molar-refractivity contribution in [3.63, 3.8) is 0 Å². The van der Waals surface area contributed by atoms with Gasteiger partial charge in [0.25, 0.3) is 5.69 Å². The molecule has 5 nitrogen and oxygen atoms in total. The maximum atomic E-state index is 11.1. The van der Waals surface area contributed by atoms with Crippen LogP contribution in [0.25, 0.3) is 11.6 Å². The quantitative estimate of drug-likeness (QED) is 0.149. The summed E-state index contributed by atoms with van der Waals surface area (Å²) in [6, 6.07) is 15.1. The monoisotopic (exact) mass is 395 g/mol. The number of aryl methyl sites for hydroxylation is 1. The Morgan fingerprint density at radius 2 is 1.66 bits per heavy atom. The molecule has 0 saturated heterocycles. The zero-order valence-corrected chi connectivity index (χ0v) is 17.2. The van der Waals surface area contributed by atoms with Crippen molar-refractivity contribution >= 4 is 23.3 Å². The van der Waals surface area contributed by atoms with Gasteiger partial charge in [-0.25, -0.2) is 0 Å². The van der Waals surface area contributed by atoms with Gasteiger partial charge in [-0.1, -0.05) is 50.1 Å². The molecule has 2 aromatic rings. The minimum absolute atomic E-state index is 0.103. The zero-order valence-electron chi connectivity index (χ0n) is 17.2. The molecule has 0 unspecified atom stereocenters. The number of unbranched alkanes of at least 4 members (excludes halogenated alkanes) is 3. The van der Waals surface area contributed by atoms with Gasteiger partial charge < -0.3 is 4.74 Å². The van der Waals surface area contributed by atoms with Crippen molar-refractivity contribution in [1.29, 1.82) is 0 Å². The van der Waals surface area contributed by atoms with Gasteiger partial charge in [0.15, 0.2) is 0 Å². The van der Waals surface area contributed by atoms with Crippen LogP contribution in [0.1, 0.15) is 62.6 Å². The van der Waals surface area contributed by atoms with Crippen molar-refractivity contribution in [2.75, 3.05) is 6.61 Å². The molecule has 0 aliphatic heterocycles. The van der Waals surface area contributed by atoms with E-state index in [0.717, 1.165) is 48.8 Å². The van der Waals surface area contributed by atoms with E-state index in [1.165, 1.54) is 17.7 Å². The Balaban J connectivity index is 1.77. The van der Waals surface area contributed by atoms with Crippen LogP contribution in [0.5, 0.6) is 0 Å².